The molecule has 0 aromatic carbocycles. The summed E-state index contributed by atoms with van der Waals surface area (Å²) in [5.41, 5.74) is -0.273. The zero-order chi connectivity index (χ0) is 13.8. The monoisotopic (exact) mass is 253 g/mol. The Hall–Kier alpha value is -1.06. The molecule has 0 radical (unpaired) electrons. The minimum atomic E-state index is -0.926. The van der Waals surface area contributed by atoms with Crippen LogP contribution in [0, 0.1) is 16.7 Å². The van der Waals surface area contributed by atoms with Crippen molar-refractivity contribution >= 4 is 11.7 Å². The SMILES string of the molecule is COC(=O)C12ON=C(C(C)(C)C)C1CCC2(C)C. The molecule has 2 atom stereocenters. The van der Waals surface area contributed by atoms with E-state index in [9.17, 15) is 4.79 Å². The number of rotatable bonds is 1. The number of carbonyl (C=O) groups excluding carboxylic acids is 1. The van der Waals surface area contributed by atoms with Gasteiger partial charge in [-0.2, -0.15) is 0 Å². The number of esters is 1. The summed E-state index contributed by atoms with van der Waals surface area (Å²) in [6.07, 6.45) is 1.88. The molecule has 102 valence electrons. The van der Waals surface area contributed by atoms with Crippen LogP contribution in [0.4, 0.5) is 0 Å². The molecule has 0 saturated heterocycles. The zero-order valence-corrected chi connectivity index (χ0v) is 12.2. The van der Waals surface area contributed by atoms with E-state index < -0.39 is 5.60 Å². The van der Waals surface area contributed by atoms with Gasteiger partial charge in [0.25, 0.3) is 0 Å². The highest BCUT2D eigenvalue weighted by Crippen LogP contribution is 2.57. The third kappa shape index (κ3) is 1.50. The first-order valence-corrected chi connectivity index (χ1v) is 6.52. The van der Waals surface area contributed by atoms with Crippen LogP contribution in [0.2, 0.25) is 0 Å². The van der Waals surface area contributed by atoms with Gasteiger partial charge in [-0.05, 0) is 12.8 Å². The molecule has 4 nitrogen and oxygen atoms in total. The molecule has 0 aromatic heterocycles. The molecule has 0 bridgehead atoms. The van der Waals surface area contributed by atoms with E-state index in [-0.39, 0.29) is 22.7 Å². The molecule has 1 saturated carbocycles. The fraction of sp³-hybridized carbons (Fsp3) is 0.857. The summed E-state index contributed by atoms with van der Waals surface area (Å²) in [6.45, 7) is 10.4. The van der Waals surface area contributed by atoms with Gasteiger partial charge in [0.05, 0.1) is 18.7 Å². The number of nitrogens with zero attached hydrogens (tertiary/aromatic N) is 1. The molecule has 2 aliphatic rings. The number of carbonyl (C=O) groups is 1. The van der Waals surface area contributed by atoms with Gasteiger partial charge in [-0.1, -0.05) is 39.8 Å². The maximum atomic E-state index is 12.3. The summed E-state index contributed by atoms with van der Waals surface area (Å²) in [5.74, 6) is -0.252. The van der Waals surface area contributed by atoms with Crippen molar-refractivity contribution in [2.75, 3.05) is 7.11 Å². The van der Waals surface area contributed by atoms with Gasteiger partial charge in [-0.3, -0.25) is 0 Å². The van der Waals surface area contributed by atoms with E-state index in [1.807, 2.05) is 0 Å². The maximum Gasteiger partial charge on any atom is 0.354 e. The second-order valence-electron chi connectivity index (χ2n) is 7.02. The maximum absolute atomic E-state index is 12.3. The number of hydrogen-bond acceptors (Lipinski definition) is 4. The number of oxime groups is 1. The molecule has 0 aromatic rings. The van der Waals surface area contributed by atoms with Crippen molar-refractivity contribution in [3.8, 4) is 0 Å². The van der Waals surface area contributed by atoms with Crippen LogP contribution in [0.25, 0.3) is 0 Å². The Morgan fingerprint density at radius 3 is 2.56 bits per heavy atom. The van der Waals surface area contributed by atoms with Gasteiger partial charge in [-0.15, -0.1) is 0 Å². The lowest BCUT2D eigenvalue weighted by Gasteiger charge is -2.36. The molecule has 1 fully saturated rings. The predicted octanol–water partition coefficient (Wildman–Crippen LogP) is 2.77. The minimum absolute atomic E-state index is 0.0416. The number of ether oxygens (including phenoxy) is 1. The third-order valence-electron chi connectivity index (χ3n) is 4.43. The average Bonchev–Trinajstić information content (AvgIpc) is 2.75. The van der Waals surface area contributed by atoms with Crippen LogP contribution in [0.15, 0.2) is 5.16 Å². The summed E-state index contributed by atoms with van der Waals surface area (Å²) < 4.78 is 5.00. The van der Waals surface area contributed by atoms with Crippen LogP contribution >= 0.6 is 0 Å². The standard InChI is InChI=1S/C14H23NO3/c1-12(2,3)10-9-7-8-13(4,5)14(9,18-15-10)11(16)17-6/h9H,7-8H2,1-6H3. The highest BCUT2D eigenvalue weighted by Gasteiger charge is 2.69. The number of fused-ring (bicyclic) bond motifs is 1. The Morgan fingerprint density at radius 1 is 1.44 bits per heavy atom. The van der Waals surface area contributed by atoms with Gasteiger partial charge in [0, 0.05) is 10.8 Å². The quantitative estimate of drug-likeness (QED) is 0.675. The van der Waals surface area contributed by atoms with Gasteiger partial charge in [0.15, 0.2) is 0 Å². The molecule has 0 amide bonds. The molecule has 1 heterocycles. The normalized spacial score (nSPS) is 33.7. The fourth-order valence-corrected chi connectivity index (χ4v) is 3.33. The Balaban J connectivity index is 2.46. The lowest BCUT2D eigenvalue weighted by Crippen LogP contribution is -2.54. The first-order valence-electron chi connectivity index (χ1n) is 6.52. The zero-order valence-electron chi connectivity index (χ0n) is 12.2. The second-order valence-corrected chi connectivity index (χ2v) is 7.02. The van der Waals surface area contributed by atoms with E-state index >= 15 is 0 Å². The summed E-state index contributed by atoms with van der Waals surface area (Å²) in [5, 5.41) is 4.24. The largest absolute Gasteiger partial charge is 0.466 e. The minimum Gasteiger partial charge on any atom is -0.466 e. The van der Waals surface area contributed by atoms with E-state index in [2.05, 4.69) is 39.8 Å². The van der Waals surface area contributed by atoms with Crippen LogP contribution in [0.3, 0.4) is 0 Å². The van der Waals surface area contributed by atoms with E-state index in [0.29, 0.717) is 0 Å². The highest BCUT2D eigenvalue weighted by molar-refractivity contribution is 5.99. The Kier molecular flexibility index (Phi) is 2.76. The van der Waals surface area contributed by atoms with Crippen molar-refractivity contribution in [2.24, 2.45) is 21.9 Å². The molecular formula is C14H23NO3. The van der Waals surface area contributed by atoms with Crippen molar-refractivity contribution in [1.82, 2.24) is 0 Å². The van der Waals surface area contributed by atoms with E-state index in [1.54, 1.807) is 0 Å². The topological polar surface area (TPSA) is 47.9 Å². The van der Waals surface area contributed by atoms with Crippen LogP contribution < -0.4 is 0 Å². The summed E-state index contributed by atoms with van der Waals surface area (Å²) in [6, 6.07) is 0. The summed E-state index contributed by atoms with van der Waals surface area (Å²) in [4.78, 5) is 18.0. The number of methoxy groups -OCH3 is 1. The predicted molar refractivity (Wildman–Crippen MR) is 69.2 cm³/mol. The molecule has 18 heavy (non-hydrogen) atoms. The van der Waals surface area contributed by atoms with Crippen molar-refractivity contribution in [3.05, 3.63) is 0 Å². The fourth-order valence-electron chi connectivity index (χ4n) is 3.33. The third-order valence-corrected chi connectivity index (χ3v) is 4.43. The molecular weight excluding hydrogens is 230 g/mol. The van der Waals surface area contributed by atoms with Crippen molar-refractivity contribution in [2.45, 2.75) is 53.1 Å². The summed E-state index contributed by atoms with van der Waals surface area (Å²) in [7, 11) is 1.42. The van der Waals surface area contributed by atoms with Crippen LogP contribution in [0.1, 0.15) is 47.5 Å². The average molecular weight is 253 g/mol. The lowest BCUT2D eigenvalue weighted by atomic mass is 9.70. The molecule has 4 heteroatoms. The Labute approximate surface area is 109 Å². The lowest BCUT2D eigenvalue weighted by molar-refractivity contribution is -0.183. The van der Waals surface area contributed by atoms with Crippen molar-refractivity contribution in [3.63, 3.8) is 0 Å². The molecule has 1 aliphatic heterocycles. The van der Waals surface area contributed by atoms with Gasteiger partial charge in [-0.25, -0.2) is 4.79 Å². The van der Waals surface area contributed by atoms with Crippen molar-refractivity contribution in [1.29, 1.82) is 0 Å². The molecule has 1 aliphatic carbocycles. The highest BCUT2D eigenvalue weighted by atomic mass is 16.7. The van der Waals surface area contributed by atoms with E-state index in [4.69, 9.17) is 9.57 Å². The Morgan fingerprint density at radius 2 is 2.06 bits per heavy atom. The van der Waals surface area contributed by atoms with Gasteiger partial charge < -0.3 is 9.57 Å². The molecule has 2 rings (SSSR count). The smallest absolute Gasteiger partial charge is 0.354 e. The molecule has 2 unspecified atom stereocenters. The van der Waals surface area contributed by atoms with E-state index in [0.717, 1.165) is 18.6 Å². The van der Waals surface area contributed by atoms with Gasteiger partial charge >= 0.3 is 5.97 Å². The van der Waals surface area contributed by atoms with Crippen molar-refractivity contribution < 1.29 is 14.4 Å². The first-order chi connectivity index (χ1) is 8.17. The summed E-state index contributed by atoms with van der Waals surface area (Å²) >= 11 is 0. The first kappa shape index (κ1) is 13.4. The van der Waals surface area contributed by atoms with Gasteiger partial charge in [0.1, 0.15) is 0 Å². The number of hydrogen-bond donors (Lipinski definition) is 0. The van der Waals surface area contributed by atoms with Crippen LogP contribution in [0.5, 0.6) is 0 Å². The van der Waals surface area contributed by atoms with E-state index in [1.165, 1.54) is 7.11 Å². The van der Waals surface area contributed by atoms with Crippen LogP contribution in [-0.4, -0.2) is 24.4 Å². The van der Waals surface area contributed by atoms with Gasteiger partial charge in [0.2, 0.25) is 5.60 Å². The Bertz CT molecular complexity index is 406. The second kappa shape index (κ2) is 3.72. The van der Waals surface area contributed by atoms with Crippen LogP contribution in [-0.2, 0) is 14.4 Å². The molecule has 0 spiro atoms. The molecule has 0 N–H and O–H groups in total.